The van der Waals surface area contributed by atoms with Gasteiger partial charge in [0.2, 0.25) is 0 Å². The zero-order valence-corrected chi connectivity index (χ0v) is 66.7. The molecule has 0 aromatic heterocycles. The van der Waals surface area contributed by atoms with Gasteiger partial charge in [0.05, 0.1) is 92.5 Å². The van der Waals surface area contributed by atoms with Crippen molar-refractivity contribution >= 4 is 23.9 Å². The first kappa shape index (κ1) is 127. The van der Waals surface area contributed by atoms with E-state index in [0.29, 0.717) is 25.7 Å². The highest BCUT2D eigenvalue weighted by Crippen LogP contribution is 2.16. The van der Waals surface area contributed by atoms with Gasteiger partial charge in [0.15, 0.2) is 0 Å². The molecular weight excluding hydrogens is 1390 g/mol. The van der Waals surface area contributed by atoms with Gasteiger partial charge in [-0.3, -0.25) is 19.2 Å². The van der Waals surface area contributed by atoms with Gasteiger partial charge in [-0.05, 0) is 25.7 Å². The maximum absolute atomic E-state index is 10.3. The molecule has 0 aliphatic rings. The Kier molecular flexibility index (Phi) is 147. The molecule has 0 saturated heterocycles. The molecule has 0 amide bonds. The Bertz CT molecular complexity index is 1250. The van der Waals surface area contributed by atoms with Crippen LogP contribution in [0.2, 0.25) is 0 Å². The number of aliphatic hydroxyl groups is 21. The van der Waals surface area contributed by atoms with Crippen LogP contribution in [0, 0.1) is 0 Å². The Morgan fingerprint density at radius 2 is 0.236 bits per heavy atom. The summed E-state index contributed by atoms with van der Waals surface area (Å²) in [6, 6.07) is 0. The molecule has 0 aliphatic carbocycles. The van der Waals surface area contributed by atoms with E-state index in [0.717, 1.165) is 51.4 Å². The minimum atomic E-state index is -0.954. The van der Waals surface area contributed by atoms with E-state index in [1.165, 1.54) is 231 Å². The summed E-state index contributed by atoms with van der Waals surface area (Å²) in [4.78, 5) is 41.0. The quantitative estimate of drug-likeness (QED) is 0.0263. The number of aliphatic carboxylic acids is 4. The van der Waals surface area contributed by atoms with Crippen molar-refractivity contribution in [1.29, 1.82) is 0 Å². The van der Waals surface area contributed by atoms with Crippen molar-refractivity contribution in [1.82, 2.24) is 0 Å². The Labute approximate surface area is 639 Å². The van der Waals surface area contributed by atoms with E-state index in [9.17, 15) is 19.2 Å². The SMILES string of the molecule is CCCCCCCCCCCCCC(=O)O.CCCCCCCCCCCCCC(=O)O.CCCCCCCCCCCCCC(=O)O.CCCCCCCCCCCCCC(=O)O.OCC(O)CO.OCC(O)CO.OCC(O)CO.OCC(O)CO.OCC(O)CO.OCC(O)CO.OCC(O)CO. The molecule has 0 aromatic rings. The van der Waals surface area contributed by atoms with E-state index in [-0.39, 0.29) is 92.5 Å². The molecule has 0 spiro atoms. The minimum absolute atomic E-state index is 0.344. The molecule has 0 aromatic carbocycles. The standard InChI is InChI=1S/4C14H28O2.7C3H8O3/c4*1-2-3-4-5-6-7-8-9-10-11-12-13-14(15)16;7*4-1-3(6)2-5/h4*2-13H2,1H3,(H,15,16);7*3-6H,1-2H2. The molecule has 650 valence electrons. The largest absolute Gasteiger partial charge is 0.481 e. The molecule has 0 fully saturated rings. The van der Waals surface area contributed by atoms with Crippen molar-refractivity contribution in [3.05, 3.63) is 0 Å². The van der Waals surface area contributed by atoms with Gasteiger partial charge in [0.1, 0.15) is 42.7 Å². The summed E-state index contributed by atoms with van der Waals surface area (Å²) in [5.41, 5.74) is 0. The van der Waals surface area contributed by atoms with Crippen LogP contribution in [0.4, 0.5) is 0 Å². The van der Waals surface area contributed by atoms with Crippen molar-refractivity contribution in [3.63, 3.8) is 0 Å². The highest BCUT2D eigenvalue weighted by molar-refractivity contribution is 5.67. The molecule has 29 nitrogen and oxygen atoms in total. The molecule has 0 aliphatic heterocycles. The van der Waals surface area contributed by atoms with Gasteiger partial charge in [-0.25, -0.2) is 0 Å². The normalized spacial score (nSPS) is 10.3. The average Bonchev–Trinajstić information content (AvgIpc) is 3.66. The smallest absolute Gasteiger partial charge is 0.303 e. The van der Waals surface area contributed by atoms with Crippen LogP contribution < -0.4 is 0 Å². The maximum Gasteiger partial charge on any atom is 0.303 e. The van der Waals surface area contributed by atoms with Crippen LogP contribution in [0.3, 0.4) is 0 Å². The number of hydrogen-bond acceptors (Lipinski definition) is 25. The van der Waals surface area contributed by atoms with Gasteiger partial charge in [-0.2, -0.15) is 0 Å². The monoisotopic (exact) mass is 1560 g/mol. The summed E-state index contributed by atoms with van der Waals surface area (Å²) in [6.07, 6.45) is 50.8. The van der Waals surface area contributed by atoms with Crippen LogP contribution in [0.25, 0.3) is 0 Å². The average molecular weight is 1560 g/mol. The van der Waals surface area contributed by atoms with Gasteiger partial charge in [-0.15, -0.1) is 0 Å². The highest BCUT2D eigenvalue weighted by Gasteiger charge is 2.03. The van der Waals surface area contributed by atoms with Crippen molar-refractivity contribution in [2.24, 2.45) is 0 Å². The van der Waals surface area contributed by atoms with Crippen LogP contribution in [-0.4, -0.2) is 287 Å². The zero-order valence-electron chi connectivity index (χ0n) is 66.7. The van der Waals surface area contributed by atoms with Gasteiger partial charge in [-0.1, -0.05) is 285 Å². The molecule has 0 radical (unpaired) electrons. The lowest BCUT2D eigenvalue weighted by molar-refractivity contribution is -0.138. The summed E-state index contributed by atoms with van der Waals surface area (Å²) in [6.45, 7) is 3.88. The predicted molar refractivity (Wildman–Crippen MR) is 416 cm³/mol. The molecule has 0 rings (SSSR count). The lowest BCUT2D eigenvalue weighted by atomic mass is 10.1. The van der Waals surface area contributed by atoms with Crippen molar-refractivity contribution in [2.75, 3.05) is 92.5 Å². The Morgan fingerprint density at radius 3 is 0.292 bits per heavy atom. The number of hydrogen-bond donors (Lipinski definition) is 25. The third-order valence-electron chi connectivity index (χ3n) is 14.9. The number of aliphatic hydroxyl groups excluding tert-OH is 21. The second kappa shape index (κ2) is 123. The first-order valence-corrected chi connectivity index (χ1v) is 39.9. The molecule has 106 heavy (non-hydrogen) atoms. The van der Waals surface area contributed by atoms with E-state index >= 15 is 0 Å². The Hall–Kier alpha value is -2.96. The topological polar surface area (TPSA) is 574 Å². The fraction of sp³-hybridized carbons (Fsp3) is 0.948. The fourth-order valence-electron chi connectivity index (χ4n) is 8.17. The molecule has 0 saturated carbocycles. The molecule has 0 bridgehead atoms. The second-order valence-corrected chi connectivity index (χ2v) is 25.8. The van der Waals surface area contributed by atoms with E-state index in [2.05, 4.69) is 27.7 Å². The van der Waals surface area contributed by atoms with Crippen LogP contribution in [0.15, 0.2) is 0 Å². The predicted octanol–water partition coefficient (Wildman–Crippen LogP) is 7.41. The lowest BCUT2D eigenvalue weighted by Gasteiger charge is -2.01. The second-order valence-electron chi connectivity index (χ2n) is 25.8. The van der Waals surface area contributed by atoms with Crippen molar-refractivity contribution < 1.29 is 147 Å². The van der Waals surface area contributed by atoms with E-state index in [4.69, 9.17) is 128 Å². The molecule has 0 unspecified atom stereocenters. The molecule has 25 N–H and O–H groups in total. The van der Waals surface area contributed by atoms with Crippen LogP contribution in [0.5, 0.6) is 0 Å². The van der Waals surface area contributed by atoms with Crippen LogP contribution >= 0.6 is 0 Å². The Balaban J connectivity index is -0.000000107. The molecule has 29 heteroatoms. The fourth-order valence-corrected chi connectivity index (χ4v) is 8.17. The van der Waals surface area contributed by atoms with Crippen LogP contribution in [-0.2, 0) is 19.2 Å². The van der Waals surface area contributed by atoms with Crippen LogP contribution in [0.1, 0.15) is 336 Å². The number of carboxylic acids is 4. The first-order chi connectivity index (χ1) is 50.7. The van der Waals surface area contributed by atoms with Gasteiger partial charge < -0.3 is 128 Å². The minimum Gasteiger partial charge on any atom is -0.481 e. The molecule has 0 atom stereocenters. The summed E-state index contributed by atoms with van der Waals surface area (Å²) in [7, 11) is 0. The Morgan fingerprint density at radius 1 is 0.160 bits per heavy atom. The highest BCUT2D eigenvalue weighted by atomic mass is 16.4. The number of unbranched alkanes of at least 4 members (excludes halogenated alkanes) is 40. The van der Waals surface area contributed by atoms with Gasteiger partial charge in [0, 0.05) is 25.7 Å². The molecule has 0 heterocycles. The van der Waals surface area contributed by atoms with Crippen molar-refractivity contribution in [3.8, 4) is 0 Å². The maximum atomic E-state index is 10.3. The summed E-state index contributed by atoms with van der Waals surface area (Å²) in [5.74, 6) is -2.63. The first-order valence-electron chi connectivity index (χ1n) is 39.9. The van der Waals surface area contributed by atoms with Gasteiger partial charge in [0.25, 0.3) is 0 Å². The summed E-state index contributed by atoms with van der Waals surface area (Å²) in [5, 5.41) is 202. The third kappa shape index (κ3) is 170. The van der Waals surface area contributed by atoms with E-state index < -0.39 is 66.6 Å². The van der Waals surface area contributed by atoms with E-state index in [1.807, 2.05) is 0 Å². The van der Waals surface area contributed by atoms with E-state index in [1.54, 1.807) is 0 Å². The van der Waals surface area contributed by atoms with Crippen molar-refractivity contribution in [2.45, 2.75) is 379 Å². The zero-order chi connectivity index (χ0) is 83.2. The number of carboxylic acid groups (broad SMARTS) is 4. The molecular formula is C77H168O29. The summed E-state index contributed by atoms with van der Waals surface area (Å²) >= 11 is 0. The lowest BCUT2D eigenvalue weighted by Crippen LogP contribution is -2.15. The van der Waals surface area contributed by atoms with Gasteiger partial charge >= 0.3 is 23.9 Å². The third-order valence-corrected chi connectivity index (χ3v) is 14.9. The number of rotatable bonds is 62. The summed E-state index contributed by atoms with van der Waals surface area (Å²) < 4.78 is 0. The number of carbonyl (C=O) groups is 4.